The van der Waals surface area contributed by atoms with Crippen LogP contribution in [0.1, 0.15) is 85.0 Å². The summed E-state index contributed by atoms with van der Waals surface area (Å²) in [6.45, 7) is 12.2. The standard InChI is InChI=1S/C19H37NO/c1-5-7-8-9-10-13-16-20(19(21)6-2)17-14-11-12-15-18(3)4/h6,18H,2,5,7-17H2,1,3-4H3. The van der Waals surface area contributed by atoms with Crippen molar-refractivity contribution in [2.45, 2.75) is 85.0 Å². The third-order valence-corrected chi connectivity index (χ3v) is 3.98. The van der Waals surface area contributed by atoms with E-state index in [1.165, 1.54) is 57.4 Å². The highest BCUT2D eigenvalue weighted by molar-refractivity contribution is 5.86. The Balaban J connectivity index is 3.77. The van der Waals surface area contributed by atoms with Gasteiger partial charge in [-0.15, -0.1) is 0 Å². The van der Waals surface area contributed by atoms with Crippen LogP contribution in [-0.4, -0.2) is 23.9 Å². The van der Waals surface area contributed by atoms with Gasteiger partial charge in [-0.2, -0.15) is 0 Å². The molecular formula is C19H37NO. The van der Waals surface area contributed by atoms with Crippen molar-refractivity contribution in [1.29, 1.82) is 0 Å². The van der Waals surface area contributed by atoms with Crippen molar-refractivity contribution in [3.8, 4) is 0 Å². The van der Waals surface area contributed by atoms with E-state index in [1.807, 2.05) is 4.90 Å². The first-order valence-corrected chi connectivity index (χ1v) is 9.03. The maximum Gasteiger partial charge on any atom is 0.245 e. The normalized spacial score (nSPS) is 10.9. The molecule has 0 fully saturated rings. The Bertz CT molecular complexity index is 260. The zero-order valence-electron chi connectivity index (χ0n) is 14.7. The van der Waals surface area contributed by atoms with Gasteiger partial charge in [-0.3, -0.25) is 4.79 Å². The van der Waals surface area contributed by atoms with Crippen molar-refractivity contribution >= 4 is 5.91 Å². The van der Waals surface area contributed by atoms with E-state index in [1.54, 1.807) is 0 Å². The number of rotatable bonds is 14. The lowest BCUT2D eigenvalue weighted by molar-refractivity contribution is -0.126. The van der Waals surface area contributed by atoms with E-state index in [0.29, 0.717) is 0 Å². The second-order valence-electron chi connectivity index (χ2n) is 6.54. The minimum Gasteiger partial charge on any atom is -0.339 e. The number of hydrogen-bond donors (Lipinski definition) is 0. The molecule has 0 aromatic rings. The second-order valence-corrected chi connectivity index (χ2v) is 6.54. The summed E-state index contributed by atoms with van der Waals surface area (Å²) in [5, 5.41) is 0. The first kappa shape index (κ1) is 20.2. The Hall–Kier alpha value is -0.790. The number of amides is 1. The monoisotopic (exact) mass is 295 g/mol. The van der Waals surface area contributed by atoms with Crippen molar-refractivity contribution < 1.29 is 4.79 Å². The highest BCUT2D eigenvalue weighted by atomic mass is 16.2. The fourth-order valence-corrected chi connectivity index (χ4v) is 2.58. The van der Waals surface area contributed by atoms with Crippen LogP contribution in [0.4, 0.5) is 0 Å². The SMILES string of the molecule is C=CC(=O)N(CCCCCCCC)CCCCCC(C)C. The predicted molar refractivity (Wildman–Crippen MR) is 93.5 cm³/mol. The van der Waals surface area contributed by atoms with Crippen LogP contribution in [0.25, 0.3) is 0 Å². The van der Waals surface area contributed by atoms with Gasteiger partial charge in [0.05, 0.1) is 0 Å². The fraction of sp³-hybridized carbons (Fsp3) is 0.842. The second kappa shape index (κ2) is 14.2. The van der Waals surface area contributed by atoms with Crippen LogP contribution in [0.5, 0.6) is 0 Å². The number of hydrogen-bond acceptors (Lipinski definition) is 1. The van der Waals surface area contributed by atoms with Gasteiger partial charge in [0.1, 0.15) is 0 Å². The van der Waals surface area contributed by atoms with Gasteiger partial charge in [-0.25, -0.2) is 0 Å². The van der Waals surface area contributed by atoms with E-state index < -0.39 is 0 Å². The highest BCUT2D eigenvalue weighted by Crippen LogP contribution is 2.10. The first-order valence-electron chi connectivity index (χ1n) is 9.03. The molecule has 0 unspecified atom stereocenters. The van der Waals surface area contributed by atoms with Crippen molar-refractivity contribution in [3.63, 3.8) is 0 Å². The van der Waals surface area contributed by atoms with E-state index in [2.05, 4.69) is 27.4 Å². The van der Waals surface area contributed by atoms with Crippen LogP contribution in [-0.2, 0) is 4.79 Å². The molecule has 0 aliphatic heterocycles. The molecule has 1 amide bonds. The molecule has 0 atom stereocenters. The van der Waals surface area contributed by atoms with E-state index in [0.717, 1.165) is 31.8 Å². The van der Waals surface area contributed by atoms with Crippen LogP contribution >= 0.6 is 0 Å². The molecule has 0 aromatic heterocycles. The summed E-state index contributed by atoms with van der Waals surface area (Å²) in [5.41, 5.74) is 0. The molecule has 2 nitrogen and oxygen atoms in total. The van der Waals surface area contributed by atoms with Crippen LogP contribution in [0.15, 0.2) is 12.7 Å². The molecule has 0 heterocycles. The summed E-state index contributed by atoms with van der Waals surface area (Å²) in [4.78, 5) is 13.8. The zero-order chi connectivity index (χ0) is 15.9. The Morgan fingerprint density at radius 3 is 2.00 bits per heavy atom. The van der Waals surface area contributed by atoms with E-state index in [4.69, 9.17) is 0 Å². The summed E-state index contributed by atoms with van der Waals surface area (Å²) >= 11 is 0. The molecule has 0 aliphatic carbocycles. The van der Waals surface area contributed by atoms with Crippen molar-refractivity contribution in [1.82, 2.24) is 4.90 Å². The maximum atomic E-state index is 11.9. The average Bonchev–Trinajstić information content (AvgIpc) is 2.47. The molecule has 0 spiro atoms. The average molecular weight is 296 g/mol. The lowest BCUT2D eigenvalue weighted by Gasteiger charge is -2.21. The summed E-state index contributed by atoms with van der Waals surface area (Å²) < 4.78 is 0. The molecule has 0 aliphatic rings. The summed E-state index contributed by atoms with van der Waals surface area (Å²) in [6, 6.07) is 0. The number of carbonyl (C=O) groups is 1. The highest BCUT2D eigenvalue weighted by Gasteiger charge is 2.09. The molecule has 0 bridgehead atoms. The van der Waals surface area contributed by atoms with Gasteiger partial charge in [0.15, 0.2) is 0 Å². The molecule has 0 saturated heterocycles. The van der Waals surface area contributed by atoms with Gasteiger partial charge in [-0.05, 0) is 24.8 Å². The molecule has 21 heavy (non-hydrogen) atoms. The molecule has 124 valence electrons. The molecular weight excluding hydrogens is 258 g/mol. The van der Waals surface area contributed by atoms with Gasteiger partial charge in [-0.1, -0.05) is 78.7 Å². The molecule has 2 heteroatoms. The lowest BCUT2D eigenvalue weighted by atomic mass is 10.1. The molecule has 0 N–H and O–H groups in total. The van der Waals surface area contributed by atoms with Gasteiger partial charge in [0, 0.05) is 13.1 Å². The Labute approximate surface area is 133 Å². The minimum atomic E-state index is 0.104. The molecule has 0 radical (unpaired) electrons. The Morgan fingerprint density at radius 1 is 0.952 bits per heavy atom. The van der Waals surface area contributed by atoms with Crippen molar-refractivity contribution in [2.24, 2.45) is 5.92 Å². The quantitative estimate of drug-likeness (QED) is 0.303. The van der Waals surface area contributed by atoms with Crippen molar-refractivity contribution in [2.75, 3.05) is 13.1 Å². The van der Waals surface area contributed by atoms with Gasteiger partial charge in [0.2, 0.25) is 5.91 Å². The number of carbonyl (C=O) groups excluding carboxylic acids is 1. The van der Waals surface area contributed by atoms with Crippen LogP contribution in [0, 0.1) is 5.92 Å². The fourth-order valence-electron chi connectivity index (χ4n) is 2.58. The van der Waals surface area contributed by atoms with Gasteiger partial charge < -0.3 is 4.90 Å². The molecule has 0 aromatic carbocycles. The van der Waals surface area contributed by atoms with Crippen LogP contribution in [0.3, 0.4) is 0 Å². The molecule has 0 rings (SSSR count). The Kier molecular flexibility index (Phi) is 13.6. The third-order valence-electron chi connectivity index (χ3n) is 3.98. The number of unbranched alkanes of at least 4 members (excludes halogenated alkanes) is 7. The smallest absolute Gasteiger partial charge is 0.245 e. The Morgan fingerprint density at radius 2 is 1.48 bits per heavy atom. The largest absolute Gasteiger partial charge is 0.339 e. The van der Waals surface area contributed by atoms with E-state index >= 15 is 0 Å². The summed E-state index contributed by atoms with van der Waals surface area (Å²) in [7, 11) is 0. The zero-order valence-corrected chi connectivity index (χ0v) is 14.7. The van der Waals surface area contributed by atoms with Crippen molar-refractivity contribution in [3.05, 3.63) is 12.7 Å². The predicted octanol–water partition coefficient (Wildman–Crippen LogP) is 5.58. The molecule has 0 saturated carbocycles. The van der Waals surface area contributed by atoms with Gasteiger partial charge >= 0.3 is 0 Å². The maximum absolute atomic E-state index is 11.9. The lowest BCUT2D eigenvalue weighted by Crippen LogP contribution is -2.31. The first-order chi connectivity index (χ1) is 10.1. The topological polar surface area (TPSA) is 20.3 Å². The summed E-state index contributed by atoms with van der Waals surface area (Å²) in [6.07, 6.45) is 14.0. The van der Waals surface area contributed by atoms with Crippen LogP contribution < -0.4 is 0 Å². The van der Waals surface area contributed by atoms with E-state index in [9.17, 15) is 4.79 Å². The minimum absolute atomic E-state index is 0.104. The third kappa shape index (κ3) is 12.6. The summed E-state index contributed by atoms with van der Waals surface area (Å²) in [5.74, 6) is 0.895. The van der Waals surface area contributed by atoms with E-state index in [-0.39, 0.29) is 5.91 Å². The van der Waals surface area contributed by atoms with Gasteiger partial charge in [0.25, 0.3) is 0 Å². The van der Waals surface area contributed by atoms with Crippen LogP contribution in [0.2, 0.25) is 0 Å². The number of nitrogens with zero attached hydrogens (tertiary/aromatic N) is 1.